The zero-order valence-electron chi connectivity index (χ0n) is 16.5. The minimum atomic E-state index is -3.70. The quantitative estimate of drug-likeness (QED) is 0.826. The predicted molar refractivity (Wildman–Crippen MR) is 111 cm³/mol. The zero-order valence-corrected chi connectivity index (χ0v) is 17.3. The molecule has 1 aliphatic heterocycles. The predicted octanol–water partition coefficient (Wildman–Crippen LogP) is 4.05. The number of rotatable bonds is 5. The second-order valence-corrected chi connectivity index (χ2v) is 9.58. The zero-order chi connectivity index (χ0) is 20.1. The number of nitrogens with zero attached hydrogens (tertiary/aromatic N) is 1. The van der Waals surface area contributed by atoms with Gasteiger partial charge in [-0.2, -0.15) is 0 Å². The smallest absolute Gasteiger partial charge is 0.261 e. The van der Waals surface area contributed by atoms with Crippen molar-refractivity contribution in [2.75, 3.05) is 9.62 Å². The molecule has 0 spiro atoms. The number of nitrogens with one attached hydrogen (secondary N) is 1. The normalized spacial score (nSPS) is 18.8. The Kier molecular flexibility index (Phi) is 4.70. The van der Waals surface area contributed by atoms with Crippen molar-refractivity contribution in [3.8, 4) is 0 Å². The fourth-order valence-electron chi connectivity index (χ4n) is 4.00. The van der Waals surface area contributed by atoms with Crippen molar-refractivity contribution in [1.29, 1.82) is 0 Å². The monoisotopic (exact) mass is 398 g/mol. The van der Waals surface area contributed by atoms with Crippen LogP contribution in [0, 0.1) is 12.8 Å². The number of hydrogen-bond acceptors (Lipinski definition) is 3. The molecule has 2 aromatic carbocycles. The van der Waals surface area contributed by atoms with E-state index in [-0.39, 0.29) is 22.8 Å². The fourth-order valence-corrected chi connectivity index (χ4v) is 5.22. The van der Waals surface area contributed by atoms with Crippen LogP contribution in [-0.2, 0) is 27.7 Å². The number of amides is 1. The summed E-state index contributed by atoms with van der Waals surface area (Å²) in [4.78, 5) is 14.7. The van der Waals surface area contributed by atoms with Gasteiger partial charge in [0, 0.05) is 17.6 Å². The molecule has 1 saturated carbocycles. The summed E-state index contributed by atoms with van der Waals surface area (Å²) >= 11 is 0. The average molecular weight is 399 g/mol. The summed E-state index contributed by atoms with van der Waals surface area (Å²) in [7, 11) is -3.70. The molecule has 4 rings (SSSR count). The van der Waals surface area contributed by atoms with Crippen LogP contribution in [0.15, 0.2) is 41.3 Å². The first-order valence-electron chi connectivity index (χ1n) is 9.89. The lowest BCUT2D eigenvalue weighted by Gasteiger charge is -2.22. The third kappa shape index (κ3) is 3.30. The number of fused-ring (bicyclic) bond motifs is 1. The van der Waals surface area contributed by atoms with Crippen LogP contribution in [0.4, 0.5) is 11.4 Å². The molecule has 0 bridgehead atoms. The third-order valence-corrected chi connectivity index (χ3v) is 7.06. The number of carbonyl (C=O) groups excluding carboxylic acids is 1. The molecule has 2 aromatic rings. The summed E-state index contributed by atoms with van der Waals surface area (Å²) in [6, 6.07) is 11.0. The molecule has 0 unspecified atom stereocenters. The van der Waals surface area contributed by atoms with Crippen molar-refractivity contribution >= 4 is 27.3 Å². The summed E-state index contributed by atoms with van der Waals surface area (Å²) in [5.41, 5.74) is 4.31. The maximum atomic E-state index is 13.0. The third-order valence-electron chi connectivity index (χ3n) is 5.72. The Hall–Kier alpha value is -2.34. The van der Waals surface area contributed by atoms with Crippen LogP contribution in [0.2, 0.25) is 0 Å². The molecular formula is C22H26N2O3S. The first-order valence-corrected chi connectivity index (χ1v) is 11.4. The maximum absolute atomic E-state index is 13.0. The maximum Gasteiger partial charge on any atom is 0.261 e. The van der Waals surface area contributed by atoms with Crippen LogP contribution < -0.4 is 9.62 Å². The van der Waals surface area contributed by atoms with Gasteiger partial charge in [0.25, 0.3) is 10.0 Å². The van der Waals surface area contributed by atoms with Crippen LogP contribution in [0.25, 0.3) is 0 Å². The first kappa shape index (κ1) is 19.0. The van der Waals surface area contributed by atoms with E-state index in [0.717, 1.165) is 41.6 Å². The number of benzene rings is 2. The topological polar surface area (TPSA) is 66.5 Å². The molecule has 148 valence electrons. The van der Waals surface area contributed by atoms with Gasteiger partial charge < -0.3 is 4.90 Å². The van der Waals surface area contributed by atoms with Crippen LogP contribution in [-0.4, -0.2) is 20.4 Å². The molecule has 6 heteroatoms. The molecule has 1 heterocycles. The van der Waals surface area contributed by atoms with Crippen molar-refractivity contribution < 1.29 is 13.2 Å². The van der Waals surface area contributed by atoms with Crippen LogP contribution in [0.1, 0.15) is 43.4 Å². The summed E-state index contributed by atoms with van der Waals surface area (Å²) in [6.07, 6.45) is 3.36. The lowest BCUT2D eigenvalue weighted by molar-refractivity contribution is -0.120. The van der Waals surface area contributed by atoms with E-state index >= 15 is 0 Å². The molecule has 5 nitrogen and oxygen atoms in total. The van der Waals surface area contributed by atoms with Gasteiger partial charge in [0.1, 0.15) is 0 Å². The van der Waals surface area contributed by atoms with Crippen molar-refractivity contribution in [1.82, 2.24) is 0 Å². The van der Waals surface area contributed by atoms with Gasteiger partial charge in [-0.1, -0.05) is 25.1 Å². The van der Waals surface area contributed by atoms with Crippen molar-refractivity contribution in [3.63, 3.8) is 0 Å². The van der Waals surface area contributed by atoms with Gasteiger partial charge >= 0.3 is 0 Å². The van der Waals surface area contributed by atoms with Crippen molar-refractivity contribution in [2.24, 2.45) is 5.92 Å². The Labute approximate surface area is 166 Å². The van der Waals surface area contributed by atoms with E-state index in [1.165, 1.54) is 0 Å². The SMILES string of the molecule is CCc1cccc(C)c1NS(=O)(=O)c1ccc2c(c1)C[C@H](C)N2C(=O)C1CC1. The van der Waals surface area contributed by atoms with Gasteiger partial charge in [-0.15, -0.1) is 0 Å². The lowest BCUT2D eigenvalue weighted by Crippen LogP contribution is -2.36. The lowest BCUT2D eigenvalue weighted by atomic mass is 10.1. The van der Waals surface area contributed by atoms with Gasteiger partial charge in [-0.3, -0.25) is 9.52 Å². The van der Waals surface area contributed by atoms with Gasteiger partial charge in [-0.25, -0.2) is 8.42 Å². The summed E-state index contributed by atoms with van der Waals surface area (Å²) < 4.78 is 28.9. The average Bonchev–Trinajstić information content (AvgIpc) is 3.44. The molecular weight excluding hydrogens is 372 g/mol. The minimum Gasteiger partial charge on any atom is -0.309 e. The van der Waals surface area contributed by atoms with E-state index in [9.17, 15) is 13.2 Å². The van der Waals surface area contributed by atoms with Crippen LogP contribution in [0.3, 0.4) is 0 Å². The highest BCUT2D eigenvalue weighted by Gasteiger charge is 2.39. The van der Waals surface area contributed by atoms with Gasteiger partial charge in [-0.05, 0) is 74.4 Å². The number of sulfonamides is 1. The summed E-state index contributed by atoms with van der Waals surface area (Å²) in [6.45, 7) is 5.94. The second-order valence-electron chi connectivity index (χ2n) is 7.89. The molecule has 1 amide bonds. The molecule has 0 saturated heterocycles. The summed E-state index contributed by atoms with van der Waals surface area (Å²) in [5, 5.41) is 0. The Morgan fingerprint density at radius 2 is 1.96 bits per heavy atom. The van der Waals surface area contributed by atoms with Gasteiger partial charge in [0.2, 0.25) is 5.91 Å². The van der Waals surface area contributed by atoms with Crippen LogP contribution >= 0.6 is 0 Å². The molecule has 1 aliphatic carbocycles. The number of para-hydroxylation sites is 1. The van der Waals surface area contributed by atoms with E-state index in [1.54, 1.807) is 18.2 Å². The fraction of sp³-hybridized carbons (Fsp3) is 0.409. The largest absolute Gasteiger partial charge is 0.309 e. The number of hydrogen-bond donors (Lipinski definition) is 1. The number of anilines is 2. The number of carbonyl (C=O) groups is 1. The first-order chi connectivity index (χ1) is 13.3. The van der Waals surface area contributed by atoms with E-state index < -0.39 is 10.0 Å². The Morgan fingerprint density at radius 3 is 2.64 bits per heavy atom. The van der Waals surface area contributed by atoms with E-state index in [1.807, 2.05) is 43.9 Å². The highest BCUT2D eigenvalue weighted by molar-refractivity contribution is 7.92. The Morgan fingerprint density at radius 1 is 1.21 bits per heavy atom. The Balaban J connectivity index is 1.66. The molecule has 2 aliphatic rings. The van der Waals surface area contributed by atoms with E-state index in [2.05, 4.69) is 4.72 Å². The molecule has 28 heavy (non-hydrogen) atoms. The number of aryl methyl sites for hydroxylation is 2. The van der Waals surface area contributed by atoms with Gasteiger partial charge in [0.15, 0.2) is 0 Å². The van der Waals surface area contributed by atoms with Gasteiger partial charge in [0.05, 0.1) is 10.6 Å². The highest BCUT2D eigenvalue weighted by atomic mass is 32.2. The highest BCUT2D eigenvalue weighted by Crippen LogP contribution is 2.39. The minimum absolute atomic E-state index is 0.0667. The van der Waals surface area contributed by atoms with Crippen molar-refractivity contribution in [3.05, 3.63) is 53.1 Å². The molecule has 0 radical (unpaired) electrons. The molecule has 1 fully saturated rings. The summed E-state index contributed by atoms with van der Waals surface area (Å²) in [5.74, 6) is 0.319. The van der Waals surface area contributed by atoms with E-state index in [0.29, 0.717) is 12.1 Å². The molecule has 1 N–H and O–H groups in total. The van der Waals surface area contributed by atoms with Crippen molar-refractivity contribution in [2.45, 2.75) is 57.4 Å². The molecule has 1 atom stereocenters. The van der Waals surface area contributed by atoms with E-state index in [4.69, 9.17) is 0 Å². The Bertz CT molecular complexity index is 1040. The standard InChI is InChI=1S/C22H26N2O3S/c1-4-16-7-5-6-14(2)21(16)23-28(26,27)19-10-11-20-18(13-19)12-15(3)24(20)22(25)17-8-9-17/h5-7,10-11,13,15,17,23H,4,8-9,12H2,1-3H3/t15-/m0/s1. The van der Waals surface area contributed by atoms with Crippen LogP contribution in [0.5, 0.6) is 0 Å². The second kappa shape index (κ2) is 6.92. The molecule has 0 aromatic heterocycles.